The van der Waals surface area contributed by atoms with E-state index in [9.17, 15) is 43.5 Å². The van der Waals surface area contributed by atoms with Gasteiger partial charge in [0.1, 0.15) is 25.4 Å². The van der Waals surface area contributed by atoms with Gasteiger partial charge in [0.15, 0.2) is 6.10 Å². The van der Waals surface area contributed by atoms with E-state index in [4.69, 9.17) is 32.3 Å². The zero-order valence-electron chi connectivity index (χ0n) is 65.3. The molecule has 0 aromatic carbocycles. The van der Waals surface area contributed by atoms with Crippen molar-refractivity contribution in [3.63, 3.8) is 0 Å². The third-order valence-corrected chi connectivity index (χ3v) is 18.3. The van der Waals surface area contributed by atoms with Crippen LogP contribution in [0.25, 0.3) is 0 Å². The van der Waals surface area contributed by atoms with Crippen LogP contribution in [-0.4, -0.2) is 95.9 Å². The third kappa shape index (κ3) is 79.8. The molecule has 0 heterocycles. The van der Waals surface area contributed by atoms with Crippen molar-refractivity contribution in [2.45, 2.75) is 322 Å². The molecule has 0 aromatic rings. The smallest absolute Gasteiger partial charge is 0.463 e. The number of ether oxygens (including phenoxy) is 3. The summed E-state index contributed by atoms with van der Waals surface area (Å²) in [5, 5.41) is 20.7. The maximum atomic E-state index is 13.0. The summed E-state index contributed by atoms with van der Waals surface area (Å²) in [6, 6.07) is 0. The van der Waals surface area contributed by atoms with Crippen LogP contribution < -0.4 is 0 Å². The van der Waals surface area contributed by atoms with Gasteiger partial charge < -0.3 is 34.2 Å². The predicted molar refractivity (Wildman–Crippen MR) is 435 cm³/mol. The number of hydrogen-bond donors (Lipinski definition) is 4. The SMILES string of the molecule is CC/C=C\C/C=C\C/C=C\C/C=C\C/C=C\C/C=C\CCCCCCCCCCCCCCC(=O)OCC(O)COP(=O)(O)OCC(O)COP(=O)(O)OCC(COC(=O)CCCCCCCCC/C=C\C/C=C\C/C=C\C/C=C\C/C=C\CC)OC(=O)CCCCCCC/C=C\C/C=C\C/C=C\CC. The lowest BCUT2D eigenvalue weighted by Gasteiger charge is -2.21. The molecule has 0 bridgehead atoms. The molecular formula is C87H144O16P2. The highest BCUT2D eigenvalue weighted by Gasteiger charge is 2.29. The molecule has 5 atom stereocenters. The van der Waals surface area contributed by atoms with Crippen molar-refractivity contribution in [3.05, 3.63) is 170 Å². The minimum atomic E-state index is -4.94. The first kappa shape index (κ1) is 99.9. The molecule has 16 nitrogen and oxygen atoms in total. The first-order valence-corrected chi connectivity index (χ1v) is 43.4. The summed E-state index contributed by atoms with van der Waals surface area (Å²) in [7, 11) is -9.81. The van der Waals surface area contributed by atoms with Crippen LogP contribution in [0.2, 0.25) is 0 Å². The van der Waals surface area contributed by atoms with Crippen LogP contribution in [-0.2, 0) is 55.8 Å². The maximum absolute atomic E-state index is 13.0. The van der Waals surface area contributed by atoms with Crippen LogP contribution in [0.4, 0.5) is 0 Å². The van der Waals surface area contributed by atoms with E-state index in [1.165, 1.54) is 51.4 Å². The summed E-state index contributed by atoms with van der Waals surface area (Å²) < 4.78 is 61.2. The van der Waals surface area contributed by atoms with Crippen LogP contribution in [0.5, 0.6) is 0 Å². The van der Waals surface area contributed by atoms with E-state index in [1.807, 2.05) is 0 Å². The Labute approximate surface area is 637 Å². The second kappa shape index (κ2) is 78.5. The lowest BCUT2D eigenvalue weighted by atomic mass is 10.0. The van der Waals surface area contributed by atoms with Gasteiger partial charge in [-0.15, -0.1) is 0 Å². The van der Waals surface area contributed by atoms with E-state index in [-0.39, 0.29) is 19.3 Å². The van der Waals surface area contributed by atoms with Gasteiger partial charge >= 0.3 is 33.6 Å². The average molecular weight is 1510 g/mol. The van der Waals surface area contributed by atoms with Gasteiger partial charge in [-0.05, 0) is 148 Å². The standard InChI is InChI=1S/C87H144O16P2/c1-4-7-10-13-16-19-22-25-28-30-32-34-36-37-38-39-40-41-42-43-45-47-48-50-53-55-58-61-64-67-70-73-85(90)97-76-82(88)77-99-104(93,94)100-78-83(89)79-101-105(95,96)102-81-84(103-87(92)75-72-69-66-63-60-57-52-27-24-21-18-15-12-9-6-3)80-98-86(91)74-71-68-65-62-59-56-54-51-49-46-44-35-33-31-29-26-23-20-17-14-11-8-5-2/h7-12,16-21,25-29,32-35,37-38,40-41,46,49,52,82-84,88-89H,4-6,13-15,22-24,30-31,36,39,42-45,47-48,50-51,53-81H2,1-3H3,(H,93,94)(H,95,96)/b10-7-,11-8-,12-9-,19-16-,20-17-,21-18-,28-25-,29-26-,34-32-,35-33-,38-37-,41-40-,49-46-,52-27-. The largest absolute Gasteiger partial charge is 0.472 e. The Kier molecular flexibility index (Phi) is 74.7. The second-order valence-electron chi connectivity index (χ2n) is 26.4. The predicted octanol–water partition coefficient (Wildman–Crippen LogP) is 24.0. The van der Waals surface area contributed by atoms with E-state index < -0.39 is 91.5 Å². The Morgan fingerprint density at radius 1 is 0.267 bits per heavy atom. The highest BCUT2D eigenvalue weighted by Crippen LogP contribution is 2.45. The lowest BCUT2D eigenvalue weighted by Crippen LogP contribution is -2.30. The number of esters is 3. The van der Waals surface area contributed by atoms with Gasteiger partial charge in [-0.2, -0.15) is 0 Å². The van der Waals surface area contributed by atoms with Gasteiger partial charge in [-0.25, -0.2) is 9.13 Å². The normalized spacial score (nSPS) is 14.8. The Morgan fingerprint density at radius 3 is 0.752 bits per heavy atom. The Hall–Kier alpha value is -5.09. The van der Waals surface area contributed by atoms with Crippen molar-refractivity contribution in [3.8, 4) is 0 Å². The van der Waals surface area contributed by atoms with Crippen LogP contribution in [0.1, 0.15) is 303 Å². The first-order valence-electron chi connectivity index (χ1n) is 40.4. The molecular weight excluding hydrogens is 1360 g/mol. The monoisotopic (exact) mass is 1510 g/mol. The second-order valence-corrected chi connectivity index (χ2v) is 29.3. The van der Waals surface area contributed by atoms with Crippen molar-refractivity contribution < 1.29 is 75.8 Å². The minimum Gasteiger partial charge on any atom is -0.463 e. The molecule has 105 heavy (non-hydrogen) atoms. The van der Waals surface area contributed by atoms with Crippen molar-refractivity contribution in [1.82, 2.24) is 0 Å². The Morgan fingerprint density at radius 2 is 0.476 bits per heavy atom. The van der Waals surface area contributed by atoms with Crippen LogP contribution in [0, 0.1) is 0 Å². The molecule has 0 saturated carbocycles. The van der Waals surface area contributed by atoms with Crippen LogP contribution in [0.15, 0.2) is 170 Å². The number of hydrogen-bond acceptors (Lipinski definition) is 14. The molecule has 0 spiro atoms. The third-order valence-electron chi connectivity index (χ3n) is 16.4. The summed E-state index contributed by atoms with van der Waals surface area (Å²) in [6.45, 7) is 2.30. The summed E-state index contributed by atoms with van der Waals surface area (Å²) in [5.74, 6) is -1.61. The summed E-state index contributed by atoms with van der Waals surface area (Å²) in [6.07, 6.45) is 99.7. The molecule has 0 aliphatic rings. The fourth-order valence-electron chi connectivity index (χ4n) is 10.4. The number of carbonyl (C=O) groups excluding carboxylic acids is 3. The van der Waals surface area contributed by atoms with E-state index in [1.54, 1.807) is 0 Å². The summed E-state index contributed by atoms with van der Waals surface area (Å²) in [4.78, 5) is 58.7. The molecule has 0 amide bonds. The topological polar surface area (TPSA) is 231 Å². The number of carbonyl (C=O) groups is 3. The summed E-state index contributed by atoms with van der Waals surface area (Å²) >= 11 is 0. The van der Waals surface area contributed by atoms with Gasteiger partial charge in [0.25, 0.3) is 0 Å². The minimum absolute atomic E-state index is 0.0774. The van der Waals surface area contributed by atoms with Gasteiger partial charge in [0, 0.05) is 19.3 Å². The van der Waals surface area contributed by atoms with E-state index in [0.717, 1.165) is 193 Å². The van der Waals surface area contributed by atoms with Gasteiger partial charge in [-0.1, -0.05) is 306 Å². The molecule has 4 N–H and O–H groups in total. The van der Waals surface area contributed by atoms with Gasteiger partial charge in [0.2, 0.25) is 0 Å². The molecule has 0 fully saturated rings. The average Bonchev–Trinajstić information content (AvgIpc) is 0.965. The van der Waals surface area contributed by atoms with E-state index >= 15 is 0 Å². The van der Waals surface area contributed by atoms with Gasteiger partial charge in [-0.3, -0.25) is 32.5 Å². The number of phosphoric acid groups is 2. The molecule has 0 aliphatic carbocycles. The molecule has 0 saturated heterocycles. The zero-order valence-corrected chi connectivity index (χ0v) is 67.1. The van der Waals surface area contributed by atoms with Crippen LogP contribution >= 0.6 is 15.6 Å². The molecule has 0 aliphatic heterocycles. The van der Waals surface area contributed by atoms with Crippen molar-refractivity contribution >= 4 is 33.6 Å². The molecule has 5 unspecified atom stereocenters. The fraction of sp³-hybridized carbons (Fsp3) is 0.644. The Balaban J connectivity index is 4.54. The molecule has 0 rings (SSSR count). The zero-order chi connectivity index (χ0) is 76.6. The van der Waals surface area contributed by atoms with E-state index in [0.29, 0.717) is 19.3 Å². The molecule has 0 radical (unpaired) electrons. The highest BCUT2D eigenvalue weighted by atomic mass is 31.2. The number of unbranched alkanes of at least 4 members (excludes halogenated alkanes) is 24. The highest BCUT2D eigenvalue weighted by molar-refractivity contribution is 7.47. The number of phosphoric ester groups is 2. The Bertz CT molecular complexity index is 2590. The molecule has 0 aromatic heterocycles. The number of aliphatic hydroxyl groups excluding tert-OH is 2. The number of aliphatic hydroxyl groups is 2. The number of rotatable bonds is 75. The molecule has 598 valence electrons. The van der Waals surface area contributed by atoms with Crippen molar-refractivity contribution in [2.24, 2.45) is 0 Å². The fourth-order valence-corrected chi connectivity index (χ4v) is 12.0. The first-order chi connectivity index (χ1) is 51.2. The van der Waals surface area contributed by atoms with Crippen LogP contribution in [0.3, 0.4) is 0 Å². The summed E-state index contributed by atoms with van der Waals surface area (Å²) in [5.41, 5.74) is 0. The lowest BCUT2D eigenvalue weighted by molar-refractivity contribution is -0.161. The van der Waals surface area contributed by atoms with Crippen molar-refractivity contribution in [1.29, 1.82) is 0 Å². The quantitative estimate of drug-likeness (QED) is 0.0146. The van der Waals surface area contributed by atoms with Gasteiger partial charge in [0.05, 0.1) is 26.4 Å². The van der Waals surface area contributed by atoms with E-state index in [2.05, 4.69) is 191 Å². The number of allylic oxidation sites excluding steroid dienone is 28. The molecule has 18 heteroatoms. The maximum Gasteiger partial charge on any atom is 0.472 e. The van der Waals surface area contributed by atoms with Crippen molar-refractivity contribution in [2.75, 3.05) is 39.6 Å².